The highest BCUT2D eigenvalue weighted by Gasteiger charge is 2.52. The number of ether oxygens (including phenoxy) is 3. The Morgan fingerprint density at radius 2 is 1.78 bits per heavy atom. The first-order valence-corrected chi connectivity index (χ1v) is 10.7. The monoisotopic (exact) mass is 456 g/mol. The molecule has 1 amide bonds. The van der Waals surface area contributed by atoms with Crippen molar-refractivity contribution < 1.29 is 28.5 Å². The van der Waals surface area contributed by atoms with Crippen molar-refractivity contribution in [2.24, 2.45) is 0 Å². The number of halogens is 1. The Bertz CT molecular complexity index is 1120. The Labute approximate surface area is 189 Å². The molecule has 0 radical (unpaired) electrons. The van der Waals surface area contributed by atoms with Crippen LogP contribution >= 0.6 is 11.8 Å². The molecule has 9 heteroatoms. The number of carbonyl (C=O) groups excluding carboxylic acids is 1. The van der Waals surface area contributed by atoms with Crippen LogP contribution in [-0.4, -0.2) is 43.0 Å². The maximum atomic E-state index is 13.4. The van der Waals surface area contributed by atoms with E-state index < -0.39 is 17.5 Å². The fourth-order valence-electron chi connectivity index (χ4n) is 4.14. The number of fused-ring (bicyclic) bond motifs is 1. The zero-order valence-corrected chi connectivity index (χ0v) is 18.5. The van der Waals surface area contributed by atoms with E-state index in [1.165, 1.54) is 62.3 Å². The minimum atomic E-state index is -1.66. The molecule has 0 spiro atoms. The minimum Gasteiger partial charge on any atom is -0.493 e. The topological polar surface area (TPSA) is 92.0 Å². The largest absolute Gasteiger partial charge is 0.493 e. The van der Waals surface area contributed by atoms with Crippen molar-refractivity contribution in [2.45, 2.75) is 18.1 Å². The summed E-state index contributed by atoms with van der Waals surface area (Å²) in [5, 5.41) is 21.8. The van der Waals surface area contributed by atoms with Gasteiger partial charge in [-0.1, -0.05) is 12.1 Å². The molecule has 2 aromatic carbocycles. The van der Waals surface area contributed by atoms with Crippen LogP contribution < -0.4 is 14.2 Å². The van der Waals surface area contributed by atoms with E-state index in [1.54, 1.807) is 12.1 Å². The molecule has 1 fully saturated rings. The third kappa shape index (κ3) is 3.36. The van der Waals surface area contributed by atoms with Crippen molar-refractivity contribution in [1.82, 2.24) is 4.90 Å². The summed E-state index contributed by atoms with van der Waals surface area (Å²) in [6, 6.07) is 11.0. The van der Waals surface area contributed by atoms with Gasteiger partial charge < -0.3 is 19.3 Å². The van der Waals surface area contributed by atoms with Crippen LogP contribution in [0.3, 0.4) is 0 Å². The number of rotatable bonds is 5. The van der Waals surface area contributed by atoms with Crippen LogP contribution in [0.15, 0.2) is 47.0 Å². The van der Waals surface area contributed by atoms with E-state index in [0.29, 0.717) is 39.0 Å². The molecule has 7 nitrogen and oxygen atoms in total. The summed E-state index contributed by atoms with van der Waals surface area (Å²) >= 11 is 1.23. The number of hydrogen-bond acceptors (Lipinski definition) is 7. The van der Waals surface area contributed by atoms with E-state index >= 15 is 0 Å². The van der Waals surface area contributed by atoms with Crippen LogP contribution in [0.2, 0.25) is 0 Å². The molecule has 2 aliphatic rings. The first-order valence-electron chi connectivity index (χ1n) is 9.76. The van der Waals surface area contributed by atoms with Gasteiger partial charge in [-0.25, -0.2) is 4.39 Å². The van der Waals surface area contributed by atoms with Gasteiger partial charge in [0.05, 0.1) is 43.8 Å². The van der Waals surface area contributed by atoms with Crippen LogP contribution in [0.5, 0.6) is 17.2 Å². The van der Waals surface area contributed by atoms with Crippen molar-refractivity contribution in [3.8, 4) is 23.3 Å². The molecule has 0 unspecified atom stereocenters. The number of benzene rings is 2. The molecule has 2 aromatic rings. The van der Waals surface area contributed by atoms with Gasteiger partial charge in [0.1, 0.15) is 5.82 Å². The van der Waals surface area contributed by atoms with Gasteiger partial charge >= 0.3 is 0 Å². The number of nitriles is 1. The Morgan fingerprint density at radius 3 is 2.31 bits per heavy atom. The third-order valence-electron chi connectivity index (χ3n) is 5.71. The molecule has 0 bridgehead atoms. The predicted octanol–water partition coefficient (Wildman–Crippen LogP) is 3.49. The first-order chi connectivity index (χ1) is 15.4. The smallest absolute Gasteiger partial charge is 0.231 e. The van der Waals surface area contributed by atoms with Gasteiger partial charge in [-0.05, 0) is 29.8 Å². The van der Waals surface area contributed by atoms with E-state index in [4.69, 9.17) is 14.2 Å². The maximum Gasteiger partial charge on any atom is 0.231 e. The normalized spacial score (nSPS) is 22.4. The van der Waals surface area contributed by atoms with Gasteiger partial charge in [0.15, 0.2) is 17.2 Å². The van der Waals surface area contributed by atoms with Crippen LogP contribution in [0.4, 0.5) is 4.39 Å². The van der Waals surface area contributed by atoms with Crippen molar-refractivity contribution in [1.29, 1.82) is 5.26 Å². The lowest BCUT2D eigenvalue weighted by molar-refractivity contribution is -0.149. The quantitative estimate of drug-likeness (QED) is 0.736. The summed E-state index contributed by atoms with van der Waals surface area (Å²) < 4.78 is 29.6. The molecule has 166 valence electrons. The second-order valence-electron chi connectivity index (χ2n) is 7.39. The second-order valence-corrected chi connectivity index (χ2v) is 8.35. The molecule has 32 heavy (non-hydrogen) atoms. The molecule has 0 saturated carbocycles. The van der Waals surface area contributed by atoms with E-state index in [2.05, 4.69) is 6.07 Å². The SMILES string of the molecule is COc1cc([C@H]2CC(=O)N3C(=C2C#N)SC[C@@]3(O)c2ccc(F)cc2)cc(OC)c1OC. The molecule has 1 saturated heterocycles. The molecular formula is C23H21FN2O5S. The standard InChI is InChI=1S/C23H21FN2O5S/c1-29-18-8-13(9-19(30-2)21(18)31-3)16-10-20(27)26-22(17(16)11-25)32-12-23(26,28)14-4-6-15(24)7-5-14/h4-9,16,28H,10,12H2,1-3H3/t16-,23-/m1/s1. The molecule has 2 atom stereocenters. The van der Waals surface area contributed by atoms with E-state index in [1.807, 2.05) is 0 Å². The van der Waals surface area contributed by atoms with Crippen molar-refractivity contribution in [3.63, 3.8) is 0 Å². The summed E-state index contributed by atoms with van der Waals surface area (Å²) in [4.78, 5) is 14.5. The first kappa shape index (κ1) is 22.0. The fourth-order valence-corrected chi connectivity index (χ4v) is 5.50. The van der Waals surface area contributed by atoms with Crippen molar-refractivity contribution in [2.75, 3.05) is 27.1 Å². The molecule has 0 aliphatic carbocycles. The average Bonchev–Trinajstić information content (AvgIpc) is 3.17. The second kappa shape index (κ2) is 8.37. The molecule has 4 rings (SSSR count). The van der Waals surface area contributed by atoms with Crippen LogP contribution in [-0.2, 0) is 10.5 Å². The summed E-state index contributed by atoms with van der Waals surface area (Å²) in [5.41, 5.74) is -0.248. The van der Waals surface area contributed by atoms with Gasteiger partial charge in [-0.3, -0.25) is 9.69 Å². The van der Waals surface area contributed by atoms with E-state index in [-0.39, 0.29) is 18.1 Å². The third-order valence-corrected chi connectivity index (χ3v) is 6.93. The molecule has 0 aromatic heterocycles. The van der Waals surface area contributed by atoms with Crippen LogP contribution in [0.25, 0.3) is 0 Å². The molecule has 1 N–H and O–H groups in total. The molecular weight excluding hydrogens is 435 g/mol. The summed E-state index contributed by atoms with van der Waals surface area (Å²) in [6.07, 6.45) is -0.0326. The number of thioether (sulfide) groups is 1. The Kier molecular flexibility index (Phi) is 5.75. The number of amides is 1. The lowest BCUT2D eigenvalue weighted by Gasteiger charge is -2.38. The molecule has 2 heterocycles. The number of allylic oxidation sites excluding steroid dienone is 1. The number of aliphatic hydroxyl groups is 1. The summed E-state index contributed by atoms with van der Waals surface area (Å²) in [7, 11) is 4.48. The van der Waals surface area contributed by atoms with Gasteiger partial charge in [0.25, 0.3) is 0 Å². The van der Waals surface area contributed by atoms with E-state index in [9.17, 15) is 19.6 Å². The van der Waals surface area contributed by atoms with Crippen molar-refractivity contribution >= 4 is 17.7 Å². The van der Waals surface area contributed by atoms with E-state index in [0.717, 1.165) is 0 Å². The highest BCUT2D eigenvalue weighted by Crippen LogP contribution is 2.52. The highest BCUT2D eigenvalue weighted by molar-refractivity contribution is 8.03. The van der Waals surface area contributed by atoms with Crippen LogP contribution in [0, 0.1) is 17.1 Å². The van der Waals surface area contributed by atoms with Crippen molar-refractivity contribution in [3.05, 3.63) is 63.9 Å². The lowest BCUT2D eigenvalue weighted by Crippen LogP contribution is -2.48. The van der Waals surface area contributed by atoms with Gasteiger partial charge in [0, 0.05) is 17.9 Å². The zero-order chi connectivity index (χ0) is 23.0. The average molecular weight is 456 g/mol. The Hall–Kier alpha value is -3.22. The summed E-state index contributed by atoms with van der Waals surface area (Å²) in [6.45, 7) is 0. The predicted molar refractivity (Wildman–Crippen MR) is 116 cm³/mol. The van der Waals surface area contributed by atoms with Gasteiger partial charge in [-0.2, -0.15) is 5.26 Å². The summed E-state index contributed by atoms with van der Waals surface area (Å²) in [5.74, 6) is 0.0535. The number of nitrogens with zero attached hydrogens (tertiary/aromatic N) is 2. The van der Waals surface area contributed by atoms with Gasteiger partial charge in [-0.15, -0.1) is 11.8 Å². The minimum absolute atomic E-state index is 0.0326. The Balaban J connectivity index is 1.82. The zero-order valence-electron chi connectivity index (χ0n) is 17.7. The fraction of sp³-hybridized carbons (Fsp3) is 0.304. The number of hydrogen-bond donors (Lipinski definition) is 1. The Morgan fingerprint density at radius 1 is 1.16 bits per heavy atom. The van der Waals surface area contributed by atoms with Gasteiger partial charge in [0.2, 0.25) is 11.7 Å². The maximum absolute atomic E-state index is 13.4. The molecule has 2 aliphatic heterocycles. The highest BCUT2D eigenvalue weighted by atomic mass is 32.2. The number of carbonyl (C=O) groups is 1. The van der Waals surface area contributed by atoms with Crippen LogP contribution in [0.1, 0.15) is 23.5 Å². The number of methoxy groups -OCH3 is 3. The lowest BCUT2D eigenvalue weighted by atomic mass is 9.85.